The number of benzene rings is 1. The number of amides is 8. The minimum absolute atomic E-state index is 0.00593. The summed E-state index contributed by atoms with van der Waals surface area (Å²) < 4.78 is 34.1. The lowest BCUT2D eigenvalue weighted by molar-refractivity contribution is -0.270. The van der Waals surface area contributed by atoms with Gasteiger partial charge in [0.2, 0.25) is 47.3 Å². The number of aliphatic hydroxyl groups excluding tert-OH is 9. The van der Waals surface area contributed by atoms with Gasteiger partial charge in [0.15, 0.2) is 18.9 Å². The standard InChI is InChI=1S/C61H103N9O24/c1-34(74)66-47-53(83)50(80)42(31-71)92-59(47)89-27-13-7-4-10-24-63-45(78)22-20-40(57(87)64-25-11-5-8-14-28-90-60-48(67-35(2)75)54(84)51(81)43(32-72)93-60)69-46(79)23-21-41(70-56(86)39(62)30-37-16-18-38(77)19-17-37)58(88)65-26-12-6-9-15-29-91-61-49(68-36(3)76)55(85)52(82)44(33-73)94-61/h16-19,39-44,47-55,59-61,71-73,77,80-85H,4-15,20-33,62H2,1-3H3,(H,63,78)(H,64,87)(H,65,88)(H,66,74)(H,67,75)(H,68,76)(H,69,79)(H,70,86)/t39?,40?,41?,42-,43-,44-,47-,48-,49-,50+,51+,52+,53-,54-,55-,59-,60-,61-/m1/s1. The van der Waals surface area contributed by atoms with Gasteiger partial charge >= 0.3 is 0 Å². The van der Waals surface area contributed by atoms with Crippen LogP contribution < -0.4 is 48.3 Å². The Morgan fingerprint density at radius 1 is 0.457 bits per heavy atom. The van der Waals surface area contributed by atoms with E-state index in [-0.39, 0.29) is 77.3 Å². The van der Waals surface area contributed by atoms with E-state index < -0.39 is 177 Å². The first-order chi connectivity index (χ1) is 44.9. The third-order valence-corrected chi connectivity index (χ3v) is 16.1. The Hall–Kier alpha value is -5.86. The van der Waals surface area contributed by atoms with Crippen LogP contribution in [-0.4, -0.2) is 268 Å². The second kappa shape index (κ2) is 43.3. The van der Waals surface area contributed by atoms with E-state index in [1.165, 1.54) is 32.9 Å². The molecule has 0 bridgehead atoms. The highest BCUT2D eigenvalue weighted by Gasteiger charge is 2.48. The van der Waals surface area contributed by atoms with Crippen LogP contribution in [0.1, 0.15) is 129 Å². The van der Waals surface area contributed by atoms with Crippen molar-refractivity contribution < 1.29 is 118 Å². The van der Waals surface area contributed by atoms with Gasteiger partial charge in [-0.15, -0.1) is 0 Å². The van der Waals surface area contributed by atoms with Crippen molar-refractivity contribution in [1.82, 2.24) is 42.5 Å². The summed E-state index contributed by atoms with van der Waals surface area (Å²) in [6.45, 7) is 2.92. The van der Waals surface area contributed by atoms with Crippen molar-refractivity contribution in [1.29, 1.82) is 0 Å². The molecule has 0 aliphatic carbocycles. The largest absolute Gasteiger partial charge is 0.508 e. The van der Waals surface area contributed by atoms with E-state index in [0.29, 0.717) is 82.6 Å². The maximum absolute atomic E-state index is 13.8. The molecule has 0 aromatic heterocycles. The zero-order valence-electron chi connectivity index (χ0n) is 53.9. The van der Waals surface area contributed by atoms with E-state index >= 15 is 0 Å². The third kappa shape index (κ3) is 28.1. The Bertz CT molecular complexity index is 2460. The van der Waals surface area contributed by atoms with Gasteiger partial charge in [-0.1, -0.05) is 50.7 Å². The number of rotatable bonds is 43. The van der Waals surface area contributed by atoms with Gasteiger partial charge in [0.1, 0.15) is 90.9 Å². The summed E-state index contributed by atoms with van der Waals surface area (Å²) in [5, 5.41) is 122. The number of nitrogens with one attached hydrogen (secondary N) is 8. The number of carbonyl (C=O) groups is 8. The molecule has 0 saturated carbocycles. The van der Waals surface area contributed by atoms with E-state index in [9.17, 15) is 89.4 Å². The molecule has 0 spiro atoms. The van der Waals surface area contributed by atoms with Crippen LogP contribution in [0.25, 0.3) is 0 Å². The van der Waals surface area contributed by atoms with Gasteiger partial charge in [0, 0.05) is 73.1 Å². The number of aliphatic hydroxyl groups is 9. The number of ether oxygens (including phenoxy) is 6. The van der Waals surface area contributed by atoms with E-state index in [0.717, 1.165) is 0 Å². The molecule has 3 unspecified atom stereocenters. The summed E-state index contributed by atoms with van der Waals surface area (Å²) >= 11 is 0. The smallest absolute Gasteiger partial charge is 0.242 e. The van der Waals surface area contributed by atoms with Crippen molar-refractivity contribution >= 4 is 47.3 Å². The molecule has 18 atom stereocenters. The fourth-order valence-electron chi connectivity index (χ4n) is 10.8. The minimum atomic E-state index is -1.47. The first-order valence-electron chi connectivity index (χ1n) is 32.4. The van der Waals surface area contributed by atoms with Crippen molar-refractivity contribution in [3.05, 3.63) is 29.8 Å². The lowest BCUT2D eigenvalue weighted by atomic mass is 9.97. The summed E-state index contributed by atoms with van der Waals surface area (Å²) in [5.41, 5.74) is 6.90. The number of aromatic hydroxyl groups is 1. The van der Waals surface area contributed by atoms with Gasteiger partial charge < -0.3 is 128 Å². The fourth-order valence-corrected chi connectivity index (χ4v) is 10.8. The highest BCUT2D eigenvalue weighted by Crippen LogP contribution is 2.26. The molecular formula is C61H103N9O24. The number of hydrogen-bond donors (Lipinski definition) is 19. The lowest BCUT2D eigenvalue weighted by Gasteiger charge is -2.42. The fraction of sp³-hybridized carbons (Fsp3) is 0.770. The van der Waals surface area contributed by atoms with Crippen LogP contribution in [0.2, 0.25) is 0 Å². The van der Waals surface area contributed by atoms with Gasteiger partial charge in [-0.2, -0.15) is 0 Å². The Labute approximate surface area is 546 Å². The highest BCUT2D eigenvalue weighted by atomic mass is 16.7. The molecule has 20 N–H and O–H groups in total. The van der Waals surface area contributed by atoms with Gasteiger partial charge in [-0.25, -0.2) is 0 Å². The number of hydrogen-bond acceptors (Lipinski definition) is 25. The van der Waals surface area contributed by atoms with Crippen molar-refractivity contribution in [3.8, 4) is 5.75 Å². The molecular weight excluding hydrogens is 1240 g/mol. The normalized spacial score (nSPS) is 27.0. The van der Waals surface area contributed by atoms with Crippen LogP contribution in [0.4, 0.5) is 0 Å². The number of phenolic OH excluding ortho intramolecular Hbond substituents is 1. The first kappa shape index (κ1) is 80.6. The molecule has 33 heteroatoms. The van der Waals surface area contributed by atoms with Crippen LogP contribution in [0.5, 0.6) is 5.75 Å². The molecule has 4 rings (SSSR count). The average Bonchev–Trinajstić information content (AvgIpc) is 0.829. The maximum Gasteiger partial charge on any atom is 0.242 e. The molecule has 3 fully saturated rings. The molecule has 1 aromatic rings. The van der Waals surface area contributed by atoms with Gasteiger partial charge in [-0.3, -0.25) is 38.4 Å². The molecule has 1 aromatic carbocycles. The number of unbranched alkanes of at least 4 members (excludes halogenated alkanes) is 9. The molecule has 536 valence electrons. The van der Waals surface area contributed by atoms with Crippen molar-refractivity contribution in [2.45, 2.75) is 240 Å². The van der Waals surface area contributed by atoms with Gasteiger partial charge in [0.05, 0.1) is 25.9 Å². The Balaban J connectivity index is 1.32. The Morgan fingerprint density at radius 2 is 0.798 bits per heavy atom. The van der Waals surface area contributed by atoms with E-state index in [1.807, 2.05) is 0 Å². The lowest BCUT2D eigenvalue weighted by Crippen LogP contribution is -2.64. The van der Waals surface area contributed by atoms with Crippen LogP contribution in [0.15, 0.2) is 24.3 Å². The predicted octanol–water partition coefficient (Wildman–Crippen LogP) is -5.30. The van der Waals surface area contributed by atoms with Crippen LogP contribution in [0.3, 0.4) is 0 Å². The third-order valence-electron chi connectivity index (χ3n) is 16.1. The summed E-state index contributed by atoms with van der Waals surface area (Å²) in [6, 6.07) is -0.869. The zero-order chi connectivity index (χ0) is 69.3. The summed E-state index contributed by atoms with van der Waals surface area (Å²) in [7, 11) is 0. The summed E-state index contributed by atoms with van der Waals surface area (Å²) in [5.74, 6) is -4.47. The van der Waals surface area contributed by atoms with Crippen molar-refractivity contribution in [3.63, 3.8) is 0 Å². The quantitative estimate of drug-likeness (QED) is 0.0272. The molecule has 0 radical (unpaired) electrons. The number of nitrogens with two attached hydrogens (primary N) is 1. The average molecular weight is 1350 g/mol. The topological polar surface area (TPSA) is 516 Å². The van der Waals surface area contributed by atoms with E-state index in [2.05, 4.69) is 42.5 Å². The second-order valence-electron chi connectivity index (χ2n) is 23.8. The molecule has 3 aliphatic rings. The van der Waals surface area contributed by atoms with Crippen LogP contribution in [0, 0.1) is 0 Å². The predicted molar refractivity (Wildman–Crippen MR) is 331 cm³/mol. The van der Waals surface area contributed by atoms with Crippen LogP contribution >= 0.6 is 0 Å². The maximum atomic E-state index is 13.8. The van der Waals surface area contributed by atoms with E-state index in [4.69, 9.17) is 34.2 Å². The van der Waals surface area contributed by atoms with E-state index in [1.54, 1.807) is 12.1 Å². The van der Waals surface area contributed by atoms with Crippen molar-refractivity contribution in [2.24, 2.45) is 5.73 Å². The Morgan fingerprint density at radius 3 is 1.16 bits per heavy atom. The number of phenols is 1. The van der Waals surface area contributed by atoms with Gasteiger partial charge in [-0.05, 0) is 75.5 Å². The first-order valence-corrected chi connectivity index (χ1v) is 32.4. The van der Waals surface area contributed by atoms with Crippen molar-refractivity contribution in [2.75, 3.05) is 59.3 Å². The second-order valence-corrected chi connectivity index (χ2v) is 23.8. The molecule has 3 heterocycles. The summed E-state index contributed by atoms with van der Waals surface area (Å²) in [6.07, 6.45) is -9.75. The number of carbonyl (C=O) groups excluding carboxylic acids is 8. The molecule has 94 heavy (non-hydrogen) atoms. The highest BCUT2D eigenvalue weighted by molar-refractivity contribution is 5.91. The molecule has 33 nitrogen and oxygen atoms in total. The molecule has 3 saturated heterocycles. The SMILES string of the molecule is CC(=O)N[C@H]1[C@H](OCCCCCCNC(=O)CCC(NC(=O)CCC(NC(=O)C(N)Cc2ccc(O)cc2)C(=O)NCCCCCCO[C@@H]2O[C@H](CO)[C@H](O)[C@H](O)[C@H]2NC(C)=O)C(=O)NCCCCCCO[C@@H]2O[C@H](CO)[C@H](O)[C@H](O)[C@H]2NC(C)=O)O[C@H](CO)[C@H](O)[C@@H]1O. The zero-order valence-corrected chi connectivity index (χ0v) is 53.9. The summed E-state index contributed by atoms with van der Waals surface area (Å²) in [4.78, 5) is 103. The molecule has 8 amide bonds. The van der Waals surface area contributed by atoms with Crippen LogP contribution in [-0.2, 0) is 73.2 Å². The Kier molecular flexibility index (Phi) is 37.2. The molecule has 3 aliphatic heterocycles. The van der Waals surface area contributed by atoms with Gasteiger partial charge in [0.25, 0.3) is 0 Å². The monoisotopic (exact) mass is 1350 g/mol. The minimum Gasteiger partial charge on any atom is -0.508 e.